The minimum absolute atomic E-state index is 0.134. The molecule has 0 unspecified atom stereocenters. The van der Waals surface area contributed by atoms with Crippen molar-refractivity contribution in [1.29, 1.82) is 0 Å². The molecular formula is C29H19F4N3O5S. The fourth-order valence-corrected chi connectivity index (χ4v) is 5.32. The zero-order chi connectivity index (χ0) is 30.0. The maximum Gasteiger partial charge on any atom is 0.354 e. The number of hydrogen-bond donors (Lipinski definition) is 1. The van der Waals surface area contributed by atoms with Crippen LogP contribution in [0.1, 0.15) is 43.0 Å². The fraction of sp³-hybridized carbons (Fsp3) is 0.103. The number of hydrazone groups is 1. The van der Waals surface area contributed by atoms with E-state index >= 15 is 0 Å². The molecule has 0 fully saturated rings. The van der Waals surface area contributed by atoms with Crippen LogP contribution in [0.15, 0.2) is 77.9 Å². The third kappa shape index (κ3) is 5.77. The van der Waals surface area contributed by atoms with Crippen LogP contribution < -0.4 is 9.47 Å². The van der Waals surface area contributed by atoms with E-state index < -0.39 is 46.1 Å². The number of thioether (sulfide) groups is 1. The molecule has 0 saturated heterocycles. The summed E-state index contributed by atoms with van der Waals surface area (Å²) in [6.07, 6.45) is 0. The Morgan fingerprint density at radius 2 is 1.64 bits per heavy atom. The first kappa shape index (κ1) is 28.6. The third-order valence-corrected chi connectivity index (χ3v) is 7.26. The van der Waals surface area contributed by atoms with Crippen LogP contribution in [-0.4, -0.2) is 39.1 Å². The van der Waals surface area contributed by atoms with Gasteiger partial charge >= 0.3 is 5.97 Å². The predicted octanol–water partition coefficient (Wildman–Crippen LogP) is 6.17. The van der Waals surface area contributed by atoms with Gasteiger partial charge in [-0.1, -0.05) is 30.0 Å². The highest BCUT2D eigenvalue weighted by Crippen LogP contribution is 2.48. The Morgan fingerprint density at radius 1 is 0.952 bits per heavy atom. The van der Waals surface area contributed by atoms with Gasteiger partial charge in [-0.3, -0.25) is 4.79 Å². The number of pyridine rings is 1. The molecule has 0 saturated carbocycles. The van der Waals surface area contributed by atoms with Gasteiger partial charge in [0, 0.05) is 23.3 Å². The molecule has 42 heavy (non-hydrogen) atoms. The number of amides is 1. The highest BCUT2D eigenvalue weighted by atomic mass is 32.2. The van der Waals surface area contributed by atoms with Crippen LogP contribution in [0, 0.1) is 23.3 Å². The lowest BCUT2D eigenvalue weighted by molar-refractivity contribution is 0.0688. The minimum Gasteiger partial charge on any atom is -0.492 e. The number of carbonyl (C=O) groups excluding carboxylic acids is 1. The van der Waals surface area contributed by atoms with Gasteiger partial charge in [-0.05, 0) is 42.5 Å². The van der Waals surface area contributed by atoms with E-state index in [4.69, 9.17) is 9.47 Å². The average Bonchev–Trinajstić information content (AvgIpc) is 3.41. The number of para-hydroxylation sites is 1. The SMILES string of the molecule is COc1c(OCc2cccc(C(=O)O)n2)cccc1[C@H]1SC(c2ccc(F)cc2)=NN1C(=O)c1c(F)cc(F)cc1F. The monoisotopic (exact) mass is 597 g/mol. The number of ether oxygens (including phenoxy) is 2. The summed E-state index contributed by atoms with van der Waals surface area (Å²) in [5, 5.41) is 13.5. The summed E-state index contributed by atoms with van der Waals surface area (Å²) in [5.74, 6) is -6.57. The summed E-state index contributed by atoms with van der Waals surface area (Å²) in [6.45, 7) is -0.134. The molecule has 1 amide bonds. The smallest absolute Gasteiger partial charge is 0.354 e. The average molecular weight is 598 g/mol. The number of carboxylic acid groups (broad SMARTS) is 1. The van der Waals surface area contributed by atoms with Gasteiger partial charge in [0.25, 0.3) is 5.91 Å². The maximum atomic E-state index is 14.6. The summed E-state index contributed by atoms with van der Waals surface area (Å²) in [7, 11) is 1.35. The van der Waals surface area contributed by atoms with Crippen molar-refractivity contribution in [2.45, 2.75) is 12.0 Å². The molecule has 0 radical (unpaired) electrons. The third-order valence-electron chi connectivity index (χ3n) is 6.04. The molecule has 4 aromatic rings. The number of rotatable bonds is 8. The van der Waals surface area contributed by atoms with Crippen LogP contribution >= 0.6 is 11.8 Å². The van der Waals surface area contributed by atoms with E-state index in [1.54, 1.807) is 24.3 Å². The first-order valence-electron chi connectivity index (χ1n) is 12.1. The molecule has 5 rings (SSSR count). The Balaban J connectivity index is 1.53. The topological polar surface area (TPSA) is 101 Å². The van der Waals surface area contributed by atoms with E-state index in [2.05, 4.69) is 10.1 Å². The molecule has 13 heteroatoms. The molecule has 8 nitrogen and oxygen atoms in total. The van der Waals surface area contributed by atoms with E-state index in [-0.39, 0.29) is 28.8 Å². The Hall–Kier alpha value is -4.91. The number of benzene rings is 3. The van der Waals surface area contributed by atoms with Crippen LogP contribution in [0.3, 0.4) is 0 Å². The second kappa shape index (κ2) is 11.9. The van der Waals surface area contributed by atoms with Crippen molar-refractivity contribution >= 4 is 28.7 Å². The molecule has 0 spiro atoms. The van der Waals surface area contributed by atoms with E-state index in [0.717, 1.165) is 16.8 Å². The summed E-state index contributed by atoms with van der Waals surface area (Å²) in [5.41, 5.74) is -0.110. The van der Waals surface area contributed by atoms with Crippen molar-refractivity contribution < 1.29 is 41.7 Å². The van der Waals surface area contributed by atoms with E-state index in [1.165, 1.54) is 43.5 Å². The van der Waals surface area contributed by atoms with Crippen molar-refractivity contribution in [3.63, 3.8) is 0 Å². The number of hydrogen-bond acceptors (Lipinski definition) is 7. The second-order valence-electron chi connectivity index (χ2n) is 8.76. The zero-order valence-electron chi connectivity index (χ0n) is 21.6. The van der Waals surface area contributed by atoms with E-state index in [9.17, 15) is 32.3 Å². The Kier molecular flexibility index (Phi) is 8.11. The van der Waals surface area contributed by atoms with Crippen molar-refractivity contribution in [2.24, 2.45) is 5.10 Å². The number of carboxylic acids is 1. The van der Waals surface area contributed by atoms with Crippen molar-refractivity contribution in [3.8, 4) is 11.5 Å². The lowest BCUT2D eigenvalue weighted by Gasteiger charge is -2.24. The highest BCUT2D eigenvalue weighted by molar-refractivity contribution is 8.14. The first-order valence-corrected chi connectivity index (χ1v) is 13.0. The van der Waals surface area contributed by atoms with Gasteiger partial charge in [0.1, 0.15) is 51.6 Å². The zero-order valence-corrected chi connectivity index (χ0v) is 22.4. The molecule has 214 valence electrons. The van der Waals surface area contributed by atoms with Crippen molar-refractivity contribution in [1.82, 2.24) is 9.99 Å². The van der Waals surface area contributed by atoms with Crippen LogP contribution in [0.4, 0.5) is 17.6 Å². The lowest BCUT2D eigenvalue weighted by atomic mass is 10.1. The number of methoxy groups -OCH3 is 1. The highest BCUT2D eigenvalue weighted by Gasteiger charge is 2.39. The molecule has 3 aromatic carbocycles. The lowest BCUT2D eigenvalue weighted by Crippen LogP contribution is -2.28. The number of aromatic carboxylic acids is 1. The summed E-state index contributed by atoms with van der Waals surface area (Å²) < 4.78 is 67.9. The second-order valence-corrected chi connectivity index (χ2v) is 9.83. The minimum atomic E-state index is -1.41. The largest absolute Gasteiger partial charge is 0.492 e. The summed E-state index contributed by atoms with van der Waals surface area (Å²) >= 11 is 1.03. The Morgan fingerprint density at radius 3 is 2.31 bits per heavy atom. The summed E-state index contributed by atoms with van der Waals surface area (Å²) in [6, 6.07) is 15.2. The van der Waals surface area contributed by atoms with Gasteiger partial charge in [-0.2, -0.15) is 5.10 Å². The normalized spacial score (nSPS) is 14.5. The fourth-order valence-electron chi connectivity index (χ4n) is 4.15. The Labute approximate surface area is 240 Å². The van der Waals surface area contributed by atoms with Crippen LogP contribution in [0.25, 0.3) is 0 Å². The quantitative estimate of drug-likeness (QED) is 0.242. The molecule has 0 aliphatic carbocycles. The molecule has 1 atom stereocenters. The number of carbonyl (C=O) groups is 2. The molecule has 1 aliphatic rings. The number of halogens is 4. The van der Waals surface area contributed by atoms with E-state index in [0.29, 0.717) is 29.0 Å². The van der Waals surface area contributed by atoms with Crippen LogP contribution in [0.2, 0.25) is 0 Å². The molecule has 2 heterocycles. The van der Waals surface area contributed by atoms with Crippen molar-refractivity contribution in [2.75, 3.05) is 7.11 Å². The number of aromatic nitrogens is 1. The van der Waals surface area contributed by atoms with Gasteiger partial charge in [0.15, 0.2) is 11.5 Å². The van der Waals surface area contributed by atoms with Gasteiger partial charge in [0.05, 0.1) is 12.8 Å². The van der Waals surface area contributed by atoms with Crippen LogP contribution in [0.5, 0.6) is 11.5 Å². The summed E-state index contributed by atoms with van der Waals surface area (Å²) in [4.78, 5) is 28.8. The molecule has 1 N–H and O–H groups in total. The standard InChI is InChI=1S/C29H19F4N3O5S/c1-40-25-19(5-3-7-23(25)41-14-18-4-2-6-22(34-18)29(38)39)28-36(27(37)24-20(32)12-17(31)13-21(24)33)35-26(42-28)15-8-10-16(30)11-9-15/h2-13,28H,14H2,1H3,(H,38,39)/t28-/m1/s1. The van der Waals surface area contributed by atoms with Crippen LogP contribution in [-0.2, 0) is 6.61 Å². The molecule has 1 aliphatic heterocycles. The number of nitrogens with zero attached hydrogens (tertiary/aromatic N) is 3. The maximum absolute atomic E-state index is 14.6. The molecule has 0 bridgehead atoms. The Bertz CT molecular complexity index is 1700. The van der Waals surface area contributed by atoms with Gasteiger partial charge in [0.2, 0.25) is 0 Å². The van der Waals surface area contributed by atoms with Crippen molar-refractivity contribution in [3.05, 3.63) is 124 Å². The molecular weight excluding hydrogens is 578 g/mol. The van der Waals surface area contributed by atoms with Gasteiger partial charge in [-0.15, -0.1) is 0 Å². The predicted molar refractivity (Wildman–Crippen MR) is 144 cm³/mol. The van der Waals surface area contributed by atoms with Gasteiger partial charge < -0.3 is 14.6 Å². The van der Waals surface area contributed by atoms with E-state index in [1.807, 2.05) is 0 Å². The first-order chi connectivity index (χ1) is 20.2. The molecule has 1 aromatic heterocycles. The van der Waals surface area contributed by atoms with Gasteiger partial charge in [-0.25, -0.2) is 32.3 Å².